The smallest absolute Gasteiger partial charge is 0.281 e. The lowest BCUT2D eigenvalue weighted by Crippen LogP contribution is -2.71. The number of carbonyl (C=O) groups is 3. The average Bonchev–Trinajstić information content (AvgIpc) is 3.65. The Bertz CT molecular complexity index is 1450. The summed E-state index contributed by atoms with van der Waals surface area (Å²) in [6.45, 7) is 8.73. The molecule has 42 heavy (non-hydrogen) atoms. The van der Waals surface area contributed by atoms with Crippen LogP contribution in [0.25, 0.3) is 10.9 Å². The standard InChI is InChI=1S/C32H43N5O5/c1-17(2)12-25-29(39)36-11-7-10-26(36)32(41)37(25)30(40)31(42-32,18(3)4)34-28(38)20-13-22-21-8-6-9-23-27(21)19(15-33-23)14-24(22)35(5)16-20/h6,8-9,15,17-18,20,22,24-26,33,41H,7,10-14,16H2,1-5H3,(H,34,38)/t20-,22+,24-,25+,26+,31+,32+/m0/s1. The zero-order valence-electron chi connectivity index (χ0n) is 25.2. The summed E-state index contributed by atoms with van der Waals surface area (Å²) in [7, 11) is 2.07. The molecule has 0 spiro atoms. The number of piperazine rings is 1. The first-order chi connectivity index (χ1) is 20.0. The minimum Gasteiger partial charge on any atom is -0.361 e. The van der Waals surface area contributed by atoms with Gasteiger partial charge in [-0.25, -0.2) is 0 Å². The van der Waals surface area contributed by atoms with Crippen molar-refractivity contribution in [2.24, 2.45) is 17.8 Å². The van der Waals surface area contributed by atoms with Crippen LogP contribution in [0, 0.1) is 17.8 Å². The highest BCUT2D eigenvalue weighted by Crippen LogP contribution is 2.49. The SMILES string of the molecule is CC(C)C[C@@H]1C(=O)N2CCC[C@@H]2[C@@]2(O)O[C@](NC(=O)[C@H]3C[C@@H]4c5cccc6[nH]cc(c56)C[C@@H]4N(C)C3)(C(C)C)C(=O)N12. The van der Waals surface area contributed by atoms with Crippen LogP contribution >= 0.6 is 0 Å². The highest BCUT2D eigenvalue weighted by Gasteiger charge is 2.72. The highest BCUT2D eigenvalue weighted by molar-refractivity contribution is 5.97. The number of likely N-dealkylation sites (N-methyl/N-ethyl adjacent to an activating group) is 1. The normalized spacial score (nSPS) is 36.1. The maximum Gasteiger partial charge on any atom is 0.281 e. The minimum absolute atomic E-state index is 0.116. The summed E-state index contributed by atoms with van der Waals surface area (Å²) in [6.07, 6.45) is 5.36. The largest absolute Gasteiger partial charge is 0.361 e. The van der Waals surface area contributed by atoms with E-state index < -0.39 is 35.5 Å². The van der Waals surface area contributed by atoms with Crippen molar-refractivity contribution in [3.05, 3.63) is 35.5 Å². The van der Waals surface area contributed by atoms with Gasteiger partial charge in [0.15, 0.2) is 0 Å². The number of nitrogens with one attached hydrogen (secondary N) is 2. The van der Waals surface area contributed by atoms with Crippen LogP contribution in [-0.4, -0.2) is 92.4 Å². The molecule has 7 rings (SSSR count). The molecule has 3 amide bonds. The monoisotopic (exact) mass is 577 g/mol. The number of aliphatic hydroxyl groups is 1. The number of carbonyl (C=O) groups excluding carboxylic acids is 3. The first-order valence-electron chi connectivity index (χ1n) is 15.6. The van der Waals surface area contributed by atoms with Gasteiger partial charge in [0.1, 0.15) is 12.1 Å². The Balaban J connectivity index is 1.20. The topological polar surface area (TPSA) is 118 Å². The number of nitrogens with zero attached hydrogens (tertiary/aromatic N) is 3. The van der Waals surface area contributed by atoms with Gasteiger partial charge in [0.2, 0.25) is 17.5 Å². The quantitative estimate of drug-likeness (QED) is 0.503. The van der Waals surface area contributed by atoms with Crippen molar-refractivity contribution in [1.82, 2.24) is 25.0 Å². The number of ether oxygens (including phenoxy) is 1. The first-order valence-corrected chi connectivity index (χ1v) is 15.6. The molecule has 0 radical (unpaired) electrons. The lowest BCUT2D eigenvalue weighted by Gasteiger charge is -2.49. The molecule has 5 aliphatic rings. The van der Waals surface area contributed by atoms with Crippen LogP contribution in [0.4, 0.5) is 0 Å². The zero-order chi connectivity index (χ0) is 29.7. The van der Waals surface area contributed by atoms with Crippen LogP contribution in [0.3, 0.4) is 0 Å². The second-order valence-corrected chi connectivity index (χ2v) is 14.0. The number of hydrogen-bond donors (Lipinski definition) is 3. The summed E-state index contributed by atoms with van der Waals surface area (Å²) in [5.41, 5.74) is 1.93. The number of fused-ring (bicyclic) bond motifs is 5. The maximum atomic E-state index is 14.4. The summed E-state index contributed by atoms with van der Waals surface area (Å²) in [5, 5.41) is 16.4. The molecule has 3 N–H and O–H groups in total. The molecule has 0 unspecified atom stereocenters. The van der Waals surface area contributed by atoms with Crippen LogP contribution in [-0.2, 0) is 25.5 Å². The molecule has 226 valence electrons. The van der Waals surface area contributed by atoms with Crippen molar-refractivity contribution in [3.8, 4) is 0 Å². The Labute approximate surface area is 246 Å². The Morgan fingerprint density at radius 3 is 2.76 bits per heavy atom. The third kappa shape index (κ3) is 3.77. The van der Waals surface area contributed by atoms with E-state index in [1.165, 1.54) is 21.4 Å². The van der Waals surface area contributed by atoms with E-state index in [2.05, 4.69) is 46.6 Å². The molecular weight excluding hydrogens is 534 g/mol. The van der Waals surface area contributed by atoms with Crippen LogP contribution in [0.5, 0.6) is 0 Å². The fourth-order valence-electron chi connectivity index (χ4n) is 8.63. The van der Waals surface area contributed by atoms with E-state index >= 15 is 0 Å². The number of hydrogen-bond acceptors (Lipinski definition) is 6. The molecule has 10 nitrogen and oxygen atoms in total. The Morgan fingerprint density at radius 2 is 2.02 bits per heavy atom. The van der Waals surface area contributed by atoms with Gasteiger partial charge in [0, 0.05) is 48.1 Å². The van der Waals surface area contributed by atoms with E-state index in [1.807, 2.05) is 27.7 Å². The molecule has 4 aliphatic heterocycles. The van der Waals surface area contributed by atoms with Crippen LogP contribution in [0.1, 0.15) is 70.4 Å². The second kappa shape index (κ2) is 9.53. The van der Waals surface area contributed by atoms with E-state index in [-0.39, 0.29) is 35.6 Å². The Kier molecular flexibility index (Phi) is 6.32. The number of aromatic amines is 1. The van der Waals surface area contributed by atoms with Gasteiger partial charge in [0.05, 0.1) is 5.92 Å². The summed E-state index contributed by atoms with van der Waals surface area (Å²) >= 11 is 0. The molecule has 5 heterocycles. The van der Waals surface area contributed by atoms with Crippen LogP contribution in [0.15, 0.2) is 24.4 Å². The number of likely N-dealkylation sites (tertiary alicyclic amines) is 1. The van der Waals surface area contributed by atoms with Gasteiger partial charge >= 0.3 is 0 Å². The fraction of sp³-hybridized carbons (Fsp3) is 0.656. The third-order valence-electron chi connectivity index (χ3n) is 10.7. The number of H-pyrrole nitrogens is 1. The molecule has 0 saturated carbocycles. The van der Waals surface area contributed by atoms with Gasteiger partial charge in [-0.2, -0.15) is 0 Å². The molecule has 10 heteroatoms. The Morgan fingerprint density at radius 1 is 1.24 bits per heavy atom. The van der Waals surface area contributed by atoms with E-state index in [9.17, 15) is 19.5 Å². The second-order valence-electron chi connectivity index (χ2n) is 14.0. The van der Waals surface area contributed by atoms with Crippen molar-refractivity contribution >= 4 is 28.6 Å². The van der Waals surface area contributed by atoms with Gasteiger partial charge in [-0.15, -0.1) is 0 Å². The predicted octanol–water partition coefficient (Wildman–Crippen LogP) is 2.52. The Hall–Kier alpha value is -2.95. The molecule has 4 fully saturated rings. The van der Waals surface area contributed by atoms with Gasteiger partial charge < -0.3 is 25.2 Å². The predicted molar refractivity (Wildman–Crippen MR) is 156 cm³/mol. The molecule has 4 saturated heterocycles. The minimum atomic E-state index is -1.99. The zero-order valence-corrected chi connectivity index (χ0v) is 25.2. The number of aromatic nitrogens is 1. The van der Waals surface area contributed by atoms with E-state index in [1.54, 1.807) is 4.90 Å². The number of rotatable bonds is 5. The molecule has 7 atom stereocenters. The third-order valence-corrected chi connectivity index (χ3v) is 10.7. The molecule has 1 aromatic heterocycles. The van der Waals surface area contributed by atoms with Gasteiger partial charge in [-0.05, 0) is 62.3 Å². The summed E-state index contributed by atoms with van der Waals surface area (Å²) < 4.78 is 6.45. The van der Waals surface area contributed by atoms with Crippen LogP contribution in [0.2, 0.25) is 0 Å². The summed E-state index contributed by atoms with van der Waals surface area (Å²) in [5.74, 6) is -3.48. The number of piperidine rings is 1. The first kappa shape index (κ1) is 27.9. The number of amides is 3. The molecule has 2 aromatic rings. The van der Waals surface area contributed by atoms with Gasteiger partial charge in [-0.3, -0.25) is 24.0 Å². The molecule has 1 aliphatic carbocycles. The van der Waals surface area contributed by atoms with E-state index in [4.69, 9.17) is 4.74 Å². The highest BCUT2D eigenvalue weighted by atomic mass is 16.7. The average molecular weight is 578 g/mol. The van der Waals surface area contributed by atoms with Gasteiger partial charge in [-0.1, -0.05) is 39.8 Å². The van der Waals surface area contributed by atoms with Crippen molar-refractivity contribution in [3.63, 3.8) is 0 Å². The van der Waals surface area contributed by atoms with Crippen molar-refractivity contribution in [2.75, 3.05) is 20.1 Å². The fourth-order valence-corrected chi connectivity index (χ4v) is 8.63. The number of benzene rings is 1. The molecule has 0 bridgehead atoms. The van der Waals surface area contributed by atoms with Crippen molar-refractivity contribution < 1.29 is 24.2 Å². The summed E-state index contributed by atoms with van der Waals surface area (Å²) in [4.78, 5) is 50.8. The lowest BCUT2D eigenvalue weighted by atomic mass is 9.72. The van der Waals surface area contributed by atoms with Gasteiger partial charge in [0.25, 0.3) is 11.8 Å². The van der Waals surface area contributed by atoms with E-state index in [0.717, 1.165) is 18.4 Å². The van der Waals surface area contributed by atoms with Crippen molar-refractivity contribution in [1.29, 1.82) is 0 Å². The molecular formula is C32H43N5O5. The summed E-state index contributed by atoms with van der Waals surface area (Å²) in [6, 6.07) is 5.13. The van der Waals surface area contributed by atoms with E-state index in [0.29, 0.717) is 32.4 Å². The van der Waals surface area contributed by atoms with Crippen LogP contribution < -0.4 is 5.32 Å². The van der Waals surface area contributed by atoms with Crippen molar-refractivity contribution in [2.45, 2.75) is 95.5 Å². The molecule has 1 aromatic carbocycles. The lowest BCUT2D eigenvalue weighted by molar-refractivity contribution is -0.322. The maximum absolute atomic E-state index is 14.4.